The van der Waals surface area contributed by atoms with Gasteiger partial charge in [0.25, 0.3) is 0 Å². The van der Waals surface area contributed by atoms with Crippen LogP contribution in [-0.2, 0) is 14.3 Å². The van der Waals surface area contributed by atoms with Crippen LogP contribution < -0.4 is 10.6 Å². The summed E-state index contributed by atoms with van der Waals surface area (Å²) in [4.78, 5) is 28.2. The van der Waals surface area contributed by atoms with E-state index in [0.717, 1.165) is 31.6 Å². The van der Waals surface area contributed by atoms with Gasteiger partial charge < -0.3 is 15.4 Å². The highest BCUT2D eigenvalue weighted by atomic mass is 32.2. The quantitative estimate of drug-likeness (QED) is 0.833. The molecule has 0 saturated carbocycles. The van der Waals surface area contributed by atoms with E-state index in [4.69, 9.17) is 4.74 Å². The minimum atomic E-state index is -0.865. The molecule has 0 aromatic heterocycles. The van der Waals surface area contributed by atoms with Gasteiger partial charge in [-0.05, 0) is 25.0 Å². The van der Waals surface area contributed by atoms with Crippen LogP contribution in [0.3, 0.4) is 0 Å². The Morgan fingerprint density at radius 2 is 2.28 bits per heavy atom. The Labute approximate surface area is 147 Å². The molecule has 6 nitrogen and oxygen atoms in total. The van der Waals surface area contributed by atoms with Crippen LogP contribution in [0.2, 0.25) is 0 Å². The number of halogens is 2. The first-order valence-corrected chi connectivity index (χ1v) is 8.77. The Morgan fingerprint density at radius 1 is 1.44 bits per heavy atom. The van der Waals surface area contributed by atoms with Gasteiger partial charge in [-0.25, -0.2) is 8.78 Å². The number of amidine groups is 1. The van der Waals surface area contributed by atoms with Gasteiger partial charge >= 0.3 is 0 Å². The molecule has 0 bridgehead atoms. The lowest BCUT2D eigenvalue weighted by Gasteiger charge is -2.08. The fourth-order valence-electron chi connectivity index (χ4n) is 2.55. The molecule has 2 fully saturated rings. The summed E-state index contributed by atoms with van der Waals surface area (Å²) in [6, 6.07) is 2.87. The summed E-state index contributed by atoms with van der Waals surface area (Å²) in [6.45, 7) is 1.21. The summed E-state index contributed by atoms with van der Waals surface area (Å²) in [5.41, 5.74) is -0.123. The number of nitrogens with one attached hydrogen (secondary N) is 2. The van der Waals surface area contributed by atoms with E-state index >= 15 is 0 Å². The van der Waals surface area contributed by atoms with Gasteiger partial charge in [-0.2, -0.15) is 0 Å². The van der Waals surface area contributed by atoms with E-state index in [2.05, 4.69) is 15.6 Å². The molecule has 0 aliphatic carbocycles. The second-order valence-corrected chi connectivity index (χ2v) is 6.94. The van der Waals surface area contributed by atoms with E-state index in [0.29, 0.717) is 17.8 Å². The molecular weight excluding hydrogens is 352 g/mol. The molecule has 2 heterocycles. The number of carbonyl (C=O) groups is 2. The smallest absolute Gasteiger partial charge is 0.240 e. The Morgan fingerprint density at radius 3 is 3.00 bits per heavy atom. The predicted molar refractivity (Wildman–Crippen MR) is 90.4 cm³/mol. The third-order valence-electron chi connectivity index (χ3n) is 3.81. The normalized spacial score (nSPS) is 24.6. The minimum absolute atomic E-state index is 0.0776. The summed E-state index contributed by atoms with van der Waals surface area (Å²) in [5, 5.41) is 4.80. The van der Waals surface area contributed by atoms with Crippen molar-refractivity contribution in [1.82, 2.24) is 5.32 Å². The summed E-state index contributed by atoms with van der Waals surface area (Å²) in [5.74, 6) is -2.44. The second kappa shape index (κ2) is 7.92. The largest absolute Gasteiger partial charge is 0.376 e. The van der Waals surface area contributed by atoms with Crippen molar-refractivity contribution in [2.45, 2.75) is 30.6 Å². The van der Waals surface area contributed by atoms with Crippen LogP contribution in [0.15, 0.2) is 23.2 Å². The van der Waals surface area contributed by atoms with E-state index in [9.17, 15) is 18.4 Å². The van der Waals surface area contributed by atoms with Crippen molar-refractivity contribution in [3.8, 4) is 0 Å². The van der Waals surface area contributed by atoms with Gasteiger partial charge in [-0.3, -0.25) is 14.6 Å². The number of carbonyl (C=O) groups excluding carboxylic acids is 2. The molecule has 2 aliphatic rings. The van der Waals surface area contributed by atoms with Gasteiger partial charge in [0.15, 0.2) is 5.17 Å². The maximum absolute atomic E-state index is 13.5. The zero-order chi connectivity index (χ0) is 17.8. The molecule has 1 aromatic carbocycles. The van der Waals surface area contributed by atoms with Gasteiger partial charge in [0.2, 0.25) is 11.8 Å². The van der Waals surface area contributed by atoms with Gasteiger partial charge in [0, 0.05) is 19.1 Å². The summed E-state index contributed by atoms with van der Waals surface area (Å²) in [6.07, 6.45) is 1.91. The van der Waals surface area contributed by atoms with E-state index in [1.807, 2.05) is 0 Å². The van der Waals surface area contributed by atoms with Crippen LogP contribution in [0.25, 0.3) is 0 Å². The Bertz CT molecular complexity index is 708. The monoisotopic (exact) mass is 369 g/mol. The van der Waals surface area contributed by atoms with Crippen LogP contribution >= 0.6 is 11.8 Å². The highest BCUT2D eigenvalue weighted by Gasteiger charge is 2.32. The minimum Gasteiger partial charge on any atom is -0.376 e. The Kier molecular flexibility index (Phi) is 5.64. The molecule has 3 rings (SSSR count). The Balaban J connectivity index is 1.52. The molecule has 1 aromatic rings. The maximum Gasteiger partial charge on any atom is 0.240 e. The van der Waals surface area contributed by atoms with Crippen molar-refractivity contribution in [2.75, 3.05) is 18.5 Å². The lowest BCUT2D eigenvalue weighted by atomic mass is 10.2. The van der Waals surface area contributed by atoms with Crippen LogP contribution in [-0.4, -0.2) is 41.5 Å². The number of nitrogens with zero attached hydrogens (tertiary/aromatic N) is 1. The Hall–Kier alpha value is -2.00. The van der Waals surface area contributed by atoms with E-state index in [-0.39, 0.29) is 24.1 Å². The molecule has 25 heavy (non-hydrogen) atoms. The third kappa shape index (κ3) is 4.76. The fourth-order valence-corrected chi connectivity index (χ4v) is 3.53. The number of rotatable bonds is 5. The predicted octanol–water partition coefficient (Wildman–Crippen LogP) is 2.06. The molecule has 2 N–H and O–H groups in total. The molecule has 2 atom stereocenters. The second-order valence-electron chi connectivity index (χ2n) is 5.75. The zero-order valence-electron chi connectivity index (χ0n) is 13.3. The molecule has 0 unspecified atom stereocenters. The van der Waals surface area contributed by atoms with Crippen molar-refractivity contribution in [3.63, 3.8) is 0 Å². The molecule has 2 saturated heterocycles. The number of benzene rings is 1. The van der Waals surface area contributed by atoms with Crippen LogP contribution in [0.4, 0.5) is 14.5 Å². The van der Waals surface area contributed by atoms with E-state index < -0.39 is 22.8 Å². The standard InChI is InChI=1S/C16H17F2N3O3S/c17-9-3-4-12(11(18)6-9)20-14(22)7-13-15(23)21-16(25-13)19-8-10-2-1-5-24-10/h3-4,6,10,13H,1-2,5,7-8H2,(H,20,22)(H,19,21,23)/t10-,13-/m1/s1. The molecule has 2 amide bonds. The van der Waals surface area contributed by atoms with Crippen molar-refractivity contribution in [3.05, 3.63) is 29.8 Å². The van der Waals surface area contributed by atoms with Gasteiger partial charge in [0.05, 0.1) is 18.3 Å². The van der Waals surface area contributed by atoms with Crippen molar-refractivity contribution in [2.24, 2.45) is 4.99 Å². The van der Waals surface area contributed by atoms with Crippen molar-refractivity contribution in [1.29, 1.82) is 0 Å². The van der Waals surface area contributed by atoms with Crippen LogP contribution in [0.5, 0.6) is 0 Å². The average Bonchev–Trinajstić information content (AvgIpc) is 3.18. The number of amides is 2. The van der Waals surface area contributed by atoms with Crippen molar-refractivity contribution < 1.29 is 23.1 Å². The van der Waals surface area contributed by atoms with Crippen molar-refractivity contribution >= 4 is 34.4 Å². The molecule has 0 radical (unpaired) electrons. The highest BCUT2D eigenvalue weighted by Crippen LogP contribution is 2.24. The first kappa shape index (κ1) is 17.8. The first-order chi connectivity index (χ1) is 12.0. The summed E-state index contributed by atoms with van der Waals surface area (Å²) < 4.78 is 31.9. The van der Waals surface area contributed by atoms with Gasteiger partial charge in [-0.15, -0.1) is 0 Å². The lowest BCUT2D eigenvalue weighted by Crippen LogP contribution is -2.28. The molecule has 2 aliphatic heterocycles. The maximum atomic E-state index is 13.5. The summed E-state index contributed by atoms with van der Waals surface area (Å²) >= 11 is 1.17. The highest BCUT2D eigenvalue weighted by molar-refractivity contribution is 8.15. The molecular formula is C16H17F2N3O3S. The van der Waals surface area contributed by atoms with Crippen LogP contribution in [0.1, 0.15) is 19.3 Å². The zero-order valence-corrected chi connectivity index (χ0v) is 14.1. The van der Waals surface area contributed by atoms with Crippen LogP contribution in [0, 0.1) is 11.6 Å². The fraction of sp³-hybridized carbons (Fsp3) is 0.438. The number of thioether (sulfide) groups is 1. The third-order valence-corrected chi connectivity index (χ3v) is 4.93. The number of hydrogen-bond acceptors (Lipinski definition) is 5. The van der Waals surface area contributed by atoms with Gasteiger partial charge in [0.1, 0.15) is 16.9 Å². The SMILES string of the molecule is O=C(C[C@H]1SC(=NC[C@H]2CCCO2)NC1=O)Nc1ccc(F)cc1F. The average molecular weight is 369 g/mol. The van der Waals surface area contributed by atoms with E-state index in [1.165, 1.54) is 11.8 Å². The van der Waals surface area contributed by atoms with E-state index in [1.54, 1.807) is 0 Å². The summed E-state index contributed by atoms with van der Waals surface area (Å²) in [7, 11) is 0. The number of aliphatic imine (C=N–C) groups is 1. The number of hydrogen-bond donors (Lipinski definition) is 2. The number of anilines is 1. The topological polar surface area (TPSA) is 79.8 Å². The molecule has 0 spiro atoms. The van der Waals surface area contributed by atoms with Gasteiger partial charge in [-0.1, -0.05) is 11.8 Å². The molecule has 134 valence electrons. The number of ether oxygens (including phenoxy) is 1. The molecule has 9 heteroatoms. The lowest BCUT2D eigenvalue weighted by molar-refractivity contribution is -0.122. The first-order valence-electron chi connectivity index (χ1n) is 7.90.